The third kappa shape index (κ3) is 4.70. The highest BCUT2D eigenvalue weighted by Crippen LogP contribution is 2.26. The molecule has 1 aromatic heterocycles. The van der Waals surface area contributed by atoms with Gasteiger partial charge in [-0.25, -0.2) is 4.98 Å². The summed E-state index contributed by atoms with van der Waals surface area (Å²) in [5, 5.41) is 8.83. The van der Waals surface area contributed by atoms with Crippen LogP contribution in [0.25, 0.3) is 11.3 Å². The number of benzene rings is 3. The van der Waals surface area contributed by atoms with Gasteiger partial charge in [-0.05, 0) is 24.6 Å². The van der Waals surface area contributed by atoms with Crippen molar-refractivity contribution in [2.45, 2.75) is 13.5 Å². The van der Waals surface area contributed by atoms with Gasteiger partial charge in [0.25, 0.3) is 5.91 Å². The Hall–Kier alpha value is -3.44. The maximum Gasteiger partial charge on any atom is 0.259 e. The molecule has 0 unspecified atom stereocenters. The maximum atomic E-state index is 12.9. The second-order valence-electron chi connectivity index (χ2n) is 6.74. The van der Waals surface area contributed by atoms with Crippen molar-refractivity contribution in [3.05, 3.63) is 101 Å². The molecule has 0 fully saturated rings. The fraction of sp³-hybridized carbons (Fsp3) is 0.0833. The number of aromatic nitrogens is 1. The molecule has 0 aliphatic heterocycles. The van der Waals surface area contributed by atoms with Crippen molar-refractivity contribution >= 4 is 28.1 Å². The van der Waals surface area contributed by atoms with Crippen LogP contribution in [0.3, 0.4) is 0 Å². The van der Waals surface area contributed by atoms with Crippen molar-refractivity contribution < 1.29 is 4.79 Å². The molecule has 0 atom stereocenters. The molecule has 0 radical (unpaired) electrons. The molecular weight excluding hydrogens is 378 g/mol. The van der Waals surface area contributed by atoms with Crippen molar-refractivity contribution in [3.8, 4) is 11.3 Å². The summed E-state index contributed by atoms with van der Waals surface area (Å²) in [6, 6.07) is 25.8. The minimum Gasteiger partial charge on any atom is -0.380 e. The number of hydrogen-bond donors (Lipinski definition) is 2. The first kappa shape index (κ1) is 18.9. The Labute approximate surface area is 174 Å². The molecule has 0 bridgehead atoms. The standard InChI is InChI=1S/C24H21N3OS/c1-17-11-13-18(14-12-17)15-25-21-10-6-5-9-20(21)23(28)27-24-26-22(16-29-24)19-7-3-2-4-8-19/h2-14,16,25H,15H2,1H3,(H,26,27,28). The number of thiazole rings is 1. The number of para-hydroxylation sites is 1. The first-order valence-corrected chi connectivity index (χ1v) is 10.3. The van der Waals surface area contributed by atoms with E-state index >= 15 is 0 Å². The minimum absolute atomic E-state index is 0.175. The Bertz CT molecular complexity index is 1100. The van der Waals surface area contributed by atoms with Crippen LogP contribution >= 0.6 is 11.3 Å². The van der Waals surface area contributed by atoms with E-state index in [0.29, 0.717) is 17.2 Å². The molecule has 4 rings (SSSR count). The van der Waals surface area contributed by atoms with Crippen molar-refractivity contribution in [1.29, 1.82) is 0 Å². The second kappa shape index (κ2) is 8.71. The van der Waals surface area contributed by atoms with Gasteiger partial charge in [0, 0.05) is 23.2 Å². The second-order valence-corrected chi connectivity index (χ2v) is 7.60. The van der Waals surface area contributed by atoms with Crippen molar-refractivity contribution in [2.75, 3.05) is 10.6 Å². The van der Waals surface area contributed by atoms with Gasteiger partial charge in [-0.1, -0.05) is 72.3 Å². The predicted molar refractivity (Wildman–Crippen MR) is 120 cm³/mol. The van der Waals surface area contributed by atoms with Crippen molar-refractivity contribution in [2.24, 2.45) is 0 Å². The number of carbonyl (C=O) groups excluding carboxylic acids is 1. The van der Waals surface area contributed by atoms with Crippen molar-refractivity contribution in [3.63, 3.8) is 0 Å². The van der Waals surface area contributed by atoms with Crippen molar-refractivity contribution in [1.82, 2.24) is 4.98 Å². The lowest BCUT2D eigenvalue weighted by atomic mass is 10.1. The Morgan fingerprint density at radius 2 is 1.66 bits per heavy atom. The summed E-state index contributed by atoms with van der Waals surface area (Å²) in [5.41, 5.74) is 5.67. The summed E-state index contributed by atoms with van der Waals surface area (Å²) in [6.07, 6.45) is 0. The van der Waals surface area contributed by atoms with Crippen LogP contribution in [0.5, 0.6) is 0 Å². The zero-order valence-corrected chi connectivity index (χ0v) is 16.9. The number of amides is 1. The lowest BCUT2D eigenvalue weighted by Gasteiger charge is -2.11. The first-order chi connectivity index (χ1) is 14.2. The van der Waals surface area contributed by atoms with Gasteiger partial charge in [0.1, 0.15) is 0 Å². The van der Waals surface area contributed by atoms with Gasteiger partial charge >= 0.3 is 0 Å². The molecular formula is C24H21N3OS. The largest absolute Gasteiger partial charge is 0.380 e. The summed E-state index contributed by atoms with van der Waals surface area (Å²) < 4.78 is 0. The zero-order chi connectivity index (χ0) is 20.1. The van der Waals surface area contributed by atoms with Crippen LogP contribution in [0.4, 0.5) is 10.8 Å². The maximum absolute atomic E-state index is 12.9. The van der Waals surface area contributed by atoms with Crippen LogP contribution in [0.2, 0.25) is 0 Å². The molecule has 1 amide bonds. The third-order valence-electron chi connectivity index (χ3n) is 4.57. The Morgan fingerprint density at radius 3 is 2.45 bits per heavy atom. The molecule has 0 aliphatic carbocycles. The molecule has 1 heterocycles. The van der Waals surface area contributed by atoms with E-state index in [-0.39, 0.29) is 5.91 Å². The predicted octanol–water partition coefficient (Wildman–Crippen LogP) is 5.98. The smallest absolute Gasteiger partial charge is 0.259 e. The van der Waals surface area contributed by atoms with E-state index in [0.717, 1.165) is 16.9 Å². The first-order valence-electron chi connectivity index (χ1n) is 9.40. The van der Waals surface area contributed by atoms with Gasteiger partial charge in [0.05, 0.1) is 11.3 Å². The van der Waals surface area contributed by atoms with Crippen LogP contribution in [0, 0.1) is 6.92 Å². The highest BCUT2D eigenvalue weighted by molar-refractivity contribution is 7.14. The lowest BCUT2D eigenvalue weighted by molar-refractivity contribution is 0.102. The summed E-state index contributed by atoms with van der Waals surface area (Å²) in [5.74, 6) is -0.175. The molecule has 5 heteroatoms. The number of rotatable bonds is 6. The Morgan fingerprint density at radius 1 is 0.931 bits per heavy atom. The Kier molecular flexibility index (Phi) is 5.68. The normalized spacial score (nSPS) is 10.5. The Balaban J connectivity index is 1.46. The molecule has 144 valence electrons. The van der Waals surface area contributed by atoms with Crippen LogP contribution in [-0.4, -0.2) is 10.9 Å². The molecule has 4 aromatic rings. The number of anilines is 2. The molecule has 29 heavy (non-hydrogen) atoms. The number of nitrogens with zero attached hydrogens (tertiary/aromatic N) is 1. The number of aryl methyl sites for hydroxylation is 1. The van der Waals surface area contributed by atoms with Gasteiger partial charge < -0.3 is 5.32 Å². The molecule has 2 N–H and O–H groups in total. The molecule has 0 saturated carbocycles. The topological polar surface area (TPSA) is 54.0 Å². The summed E-state index contributed by atoms with van der Waals surface area (Å²) >= 11 is 1.42. The van der Waals surface area contributed by atoms with Gasteiger partial charge in [-0.3, -0.25) is 10.1 Å². The van der Waals surface area contributed by atoms with E-state index in [1.807, 2.05) is 60.0 Å². The fourth-order valence-electron chi connectivity index (χ4n) is 2.98. The number of hydrogen-bond acceptors (Lipinski definition) is 4. The average molecular weight is 400 g/mol. The lowest BCUT2D eigenvalue weighted by Crippen LogP contribution is -2.14. The zero-order valence-electron chi connectivity index (χ0n) is 16.1. The monoisotopic (exact) mass is 399 g/mol. The molecule has 4 nitrogen and oxygen atoms in total. The van der Waals surface area contributed by atoms with Gasteiger partial charge in [-0.2, -0.15) is 0 Å². The molecule has 0 aliphatic rings. The van der Waals surface area contributed by atoms with Gasteiger partial charge in [0.15, 0.2) is 5.13 Å². The van der Waals surface area contributed by atoms with Crippen LogP contribution < -0.4 is 10.6 Å². The minimum atomic E-state index is -0.175. The van der Waals surface area contributed by atoms with Crippen LogP contribution in [0.1, 0.15) is 21.5 Å². The SMILES string of the molecule is Cc1ccc(CNc2ccccc2C(=O)Nc2nc(-c3ccccc3)cs2)cc1. The van der Waals surface area contributed by atoms with Crippen LogP contribution in [0.15, 0.2) is 84.2 Å². The highest BCUT2D eigenvalue weighted by Gasteiger charge is 2.13. The molecule has 0 saturated heterocycles. The summed E-state index contributed by atoms with van der Waals surface area (Å²) in [7, 11) is 0. The van der Waals surface area contributed by atoms with Gasteiger partial charge in [0.2, 0.25) is 0 Å². The summed E-state index contributed by atoms with van der Waals surface area (Å²) in [4.78, 5) is 17.4. The van der Waals surface area contributed by atoms with E-state index in [1.165, 1.54) is 22.5 Å². The highest BCUT2D eigenvalue weighted by atomic mass is 32.1. The molecule has 3 aromatic carbocycles. The average Bonchev–Trinajstić information content (AvgIpc) is 3.22. The van der Waals surface area contributed by atoms with Crippen LogP contribution in [-0.2, 0) is 6.54 Å². The number of carbonyl (C=O) groups is 1. The van der Waals surface area contributed by atoms with E-state index in [4.69, 9.17) is 0 Å². The molecule has 0 spiro atoms. The van der Waals surface area contributed by atoms with Gasteiger partial charge in [-0.15, -0.1) is 11.3 Å². The quantitative estimate of drug-likeness (QED) is 0.419. The fourth-order valence-corrected chi connectivity index (χ4v) is 3.69. The van der Waals surface area contributed by atoms with E-state index < -0.39 is 0 Å². The van der Waals surface area contributed by atoms with E-state index in [9.17, 15) is 4.79 Å². The third-order valence-corrected chi connectivity index (χ3v) is 5.33. The van der Waals surface area contributed by atoms with E-state index in [2.05, 4.69) is 46.8 Å². The summed E-state index contributed by atoms with van der Waals surface area (Å²) in [6.45, 7) is 2.72. The van der Waals surface area contributed by atoms with E-state index in [1.54, 1.807) is 0 Å². The number of nitrogens with one attached hydrogen (secondary N) is 2.